The van der Waals surface area contributed by atoms with Gasteiger partial charge in [-0.15, -0.1) is 0 Å². The normalized spacial score (nSPS) is 15.1. The highest BCUT2D eigenvalue weighted by atomic mass is 35.5. The van der Waals surface area contributed by atoms with Crippen molar-refractivity contribution in [2.24, 2.45) is 0 Å². The van der Waals surface area contributed by atoms with E-state index in [4.69, 9.17) is 11.6 Å². The van der Waals surface area contributed by atoms with Crippen molar-refractivity contribution in [3.63, 3.8) is 0 Å². The van der Waals surface area contributed by atoms with E-state index in [0.717, 1.165) is 16.8 Å². The fourth-order valence-corrected chi connectivity index (χ4v) is 2.68. The molecule has 0 aromatic heterocycles. The van der Waals surface area contributed by atoms with E-state index in [2.05, 4.69) is 5.32 Å². The van der Waals surface area contributed by atoms with Gasteiger partial charge >= 0.3 is 6.03 Å². The predicted octanol–water partition coefficient (Wildman–Crippen LogP) is 3.82. The molecule has 0 spiro atoms. The molecule has 0 radical (unpaired) electrons. The van der Waals surface area contributed by atoms with E-state index in [1.807, 2.05) is 60.7 Å². The summed E-state index contributed by atoms with van der Waals surface area (Å²) >= 11 is 6.37. The van der Waals surface area contributed by atoms with Crippen molar-refractivity contribution in [2.45, 2.75) is 6.54 Å². The highest BCUT2D eigenvalue weighted by Crippen LogP contribution is 2.29. The molecular formula is C17H15ClN2O. The van der Waals surface area contributed by atoms with Crippen LogP contribution >= 0.6 is 11.6 Å². The molecule has 2 amide bonds. The third kappa shape index (κ3) is 2.93. The lowest BCUT2D eigenvalue weighted by molar-refractivity contribution is 0.215. The van der Waals surface area contributed by atoms with Gasteiger partial charge in [0.15, 0.2) is 0 Å². The number of hydrogen-bond donors (Lipinski definition) is 1. The van der Waals surface area contributed by atoms with Crippen LogP contribution in [0, 0.1) is 0 Å². The lowest BCUT2D eigenvalue weighted by Crippen LogP contribution is -2.43. The molecule has 0 aliphatic carbocycles. The highest BCUT2D eigenvalue weighted by molar-refractivity contribution is 6.33. The van der Waals surface area contributed by atoms with Crippen molar-refractivity contribution in [2.75, 3.05) is 6.54 Å². The van der Waals surface area contributed by atoms with E-state index in [-0.39, 0.29) is 6.03 Å². The number of urea groups is 1. The van der Waals surface area contributed by atoms with E-state index in [9.17, 15) is 4.79 Å². The zero-order chi connectivity index (χ0) is 14.7. The smallest absolute Gasteiger partial charge is 0.322 e. The Hall–Kier alpha value is -2.26. The van der Waals surface area contributed by atoms with Gasteiger partial charge < -0.3 is 5.32 Å². The van der Waals surface area contributed by atoms with Crippen LogP contribution in [0.1, 0.15) is 11.1 Å². The van der Waals surface area contributed by atoms with E-state index in [1.165, 1.54) is 0 Å². The summed E-state index contributed by atoms with van der Waals surface area (Å²) in [4.78, 5) is 13.9. The fraction of sp³-hybridized carbons (Fsp3) is 0.118. The molecule has 0 saturated carbocycles. The van der Waals surface area contributed by atoms with Gasteiger partial charge in [-0.05, 0) is 11.1 Å². The molecule has 4 heteroatoms. The van der Waals surface area contributed by atoms with Crippen molar-refractivity contribution >= 4 is 23.3 Å². The first kappa shape index (κ1) is 13.7. The molecule has 1 aliphatic heterocycles. The summed E-state index contributed by atoms with van der Waals surface area (Å²) in [5, 5.41) is 3.45. The van der Waals surface area contributed by atoms with Crippen LogP contribution in [0.5, 0.6) is 0 Å². The second kappa shape index (κ2) is 6.02. The highest BCUT2D eigenvalue weighted by Gasteiger charge is 2.26. The number of carbonyl (C=O) groups excluding carboxylic acids is 1. The maximum absolute atomic E-state index is 12.2. The van der Waals surface area contributed by atoms with Crippen LogP contribution in [-0.2, 0) is 6.54 Å². The van der Waals surface area contributed by atoms with Gasteiger partial charge in [0.05, 0.1) is 23.8 Å². The first-order chi connectivity index (χ1) is 10.3. The molecule has 0 unspecified atom stereocenters. The molecule has 3 nitrogen and oxygen atoms in total. The topological polar surface area (TPSA) is 32.3 Å². The molecule has 0 atom stereocenters. The standard InChI is InChI=1S/C17H15ClN2O/c18-15-11-19-17(21)20(12-13-7-3-1-4-8-13)16(15)14-9-5-2-6-10-14/h1-10H,11-12H2,(H,19,21). The van der Waals surface area contributed by atoms with Crippen molar-refractivity contribution in [1.29, 1.82) is 0 Å². The van der Waals surface area contributed by atoms with Crippen LogP contribution in [0.3, 0.4) is 0 Å². The lowest BCUT2D eigenvalue weighted by Gasteiger charge is -2.31. The van der Waals surface area contributed by atoms with Crippen molar-refractivity contribution in [3.05, 3.63) is 76.8 Å². The van der Waals surface area contributed by atoms with Gasteiger partial charge in [-0.3, -0.25) is 4.90 Å². The summed E-state index contributed by atoms with van der Waals surface area (Å²) in [7, 11) is 0. The molecular weight excluding hydrogens is 284 g/mol. The van der Waals surface area contributed by atoms with Crippen LogP contribution in [-0.4, -0.2) is 17.5 Å². The molecule has 2 aromatic rings. The number of halogens is 1. The third-order valence-corrected chi connectivity index (χ3v) is 3.71. The number of amides is 2. The van der Waals surface area contributed by atoms with Gasteiger partial charge in [0, 0.05) is 0 Å². The molecule has 0 bridgehead atoms. The largest absolute Gasteiger partial charge is 0.333 e. The zero-order valence-corrected chi connectivity index (χ0v) is 12.2. The Morgan fingerprint density at radius 2 is 1.62 bits per heavy atom. The summed E-state index contributed by atoms with van der Waals surface area (Å²) in [5.41, 5.74) is 2.80. The first-order valence-electron chi connectivity index (χ1n) is 6.79. The van der Waals surface area contributed by atoms with Gasteiger partial charge in [-0.2, -0.15) is 0 Å². The minimum absolute atomic E-state index is 0.123. The quantitative estimate of drug-likeness (QED) is 0.918. The Labute approximate surface area is 128 Å². The number of benzene rings is 2. The minimum atomic E-state index is -0.123. The lowest BCUT2D eigenvalue weighted by atomic mass is 10.1. The molecule has 3 rings (SSSR count). The van der Waals surface area contributed by atoms with E-state index < -0.39 is 0 Å². The van der Waals surface area contributed by atoms with Crippen LogP contribution in [0.15, 0.2) is 65.7 Å². The minimum Gasteiger partial charge on any atom is -0.333 e. The van der Waals surface area contributed by atoms with Crippen LogP contribution in [0.25, 0.3) is 5.70 Å². The average Bonchev–Trinajstić information content (AvgIpc) is 2.53. The third-order valence-electron chi connectivity index (χ3n) is 3.40. The summed E-state index contributed by atoms with van der Waals surface area (Å²) < 4.78 is 0. The van der Waals surface area contributed by atoms with Crippen LogP contribution < -0.4 is 5.32 Å². The molecule has 1 aliphatic rings. The van der Waals surface area contributed by atoms with Gasteiger partial charge in [0.25, 0.3) is 0 Å². The zero-order valence-electron chi connectivity index (χ0n) is 11.4. The van der Waals surface area contributed by atoms with E-state index in [1.54, 1.807) is 4.90 Å². The maximum atomic E-state index is 12.2. The molecule has 106 valence electrons. The van der Waals surface area contributed by atoms with Gasteiger partial charge in [0.2, 0.25) is 0 Å². The van der Waals surface area contributed by atoms with Gasteiger partial charge in [-0.1, -0.05) is 72.3 Å². The van der Waals surface area contributed by atoms with E-state index in [0.29, 0.717) is 18.1 Å². The monoisotopic (exact) mass is 298 g/mol. The number of hydrogen-bond acceptors (Lipinski definition) is 1. The SMILES string of the molecule is O=C1NCC(Cl)=C(c2ccccc2)N1Cc1ccccc1. The van der Waals surface area contributed by atoms with Crippen molar-refractivity contribution in [1.82, 2.24) is 10.2 Å². The van der Waals surface area contributed by atoms with Gasteiger partial charge in [-0.25, -0.2) is 4.79 Å². The molecule has 0 saturated heterocycles. The predicted molar refractivity (Wildman–Crippen MR) is 84.6 cm³/mol. The summed E-state index contributed by atoms with van der Waals surface area (Å²) in [6.07, 6.45) is 0. The maximum Gasteiger partial charge on any atom is 0.322 e. The van der Waals surface area contributed by atoms with Gasteiger partial charge in [0.1, 0.15) is 0 Å². The number of carbonyl (C=O) groups is 1. The Balaban J connectivity index is 1.99. The van der Waals surface area contributed by atoms with Crippen molar-refractivity contribution < 1.29 is 4.79 Å². The number of nitrogens with zero attached hydrogens (tertiary/aromatic N) is 1. The second-order valence-corrected chi connectivity index (χ2v) is 5.31. The molecule has 0 fully saturated rings. The molecule has 1 N–H and O–H groups in total. The average molecular weight is 299 g/mol. The summed E-state index contributed by atoms with van der Waals surface area (Å²) in [5.74, 6) is 0. The van der Waals surface area contributed by atoms with Crippen molar-refractivity contribution in [3.8, 4) is 0 Å². The molecule has 1 heterocycles. The van der Waals surface area contributed by atoms with Crippen LogP contribution in [0.4, 0.5) is 4.79 Å². The fourth-order valence-electron chi connectivity index (χ4n) is 2.41. The first-order valence-corrected chi connectivity index (χ1v) is 7.17. The second-order valence-electron chi connectivity index (χ2n) is 4.85. The number of nitrogens with one attached hydrogen (secondary N) is 1. The Morgan fingerprint density at radius 3 is 2.29 bits per heavy atom. The van der Waals surface area contributed by atoms with Crippen LogP contribution in [0.2, 0.25) is 0 Å². The molecule has 2 aromatic carbocycles. The van der Waals surface area contributed by atoms with E-state index >= 15 is 0 Å². The Morgan fingerprint density at radius 1 is 1.00 bits per heavy atom. The number of rotatable bonds is 3. The summed E-state index contributed by atoms with van der Waals surface area (Å²) in [6, 6.07) is 19.5. The Kier molecular flexibility index (Phi) is 3.93. The summed E-state index contributed by atoms with van der Waals surface area (Å²) in [6.45, 7) is 0.864. The Bertz CT molecular complexity index is 668. The molecule has 21 heavy (non-hydrogen) atoms.